The van der Waals surface area contributed by atoms with E-state index in [0.29, 0.717) is 19.3 Å². The van der Waals surface area contributed by atoms with Gasteiger partial charge in [-0.1, -0.05) is 202 Å². The number of esters is 3. The summed E-state index contributed by atoms with van der Waals surface area (Å²) < 4.78 is 16.7. The largest absolute Gasteiger partial charge is 0.462 e. The Balaban J connectivity index is 4.37. The highest BCUT2D eigenvalue weighted by molar-refractivity contribution is 5.71. The van der Waals surface area contributed by atoms with E-state index in [2.05, 4.69) is 34.6 Å². The molecular weight excluding hydrogens is 636 g/mol. The zero-order valence-electron chi connectivity index (χ0n) is 34.7. The van der Waals surface area contributed by atoms with Gasteiger partial charge in [-0.2, -0.15) is 0 Å². The van der Waals surface area contributed by atoms with E-state index in [1.54, 1.807) is 0 Å². The van der Waals surface area contributed by atoms with Crippen LogP contribution >= 0.6 is 0 Å². The Morgan fingerprint density at radius 1 is 0.392 bits per heavy atom. The fourth-order valence-corrected chi connectivity index (χ4v) is 6.51. The number of rotatable bonds is 39. The summed E-state index contributed by atoms with van der Waals surface area (Å²) in [5.74, 6) is 0.796. The Hall–Kier alpha value is -1.59. The van der Waals surface area contributed by atoms with Gasteiger partial charge in [0.2, 0.25) is 0 Å². The summed E-state index contributed by atoms with van der Waals surface area (Å²) in [5.41, 5.74) is 0. The fraction of sp³-hybridized carbons (Fsp3) is 0.933. The molecule has 0 amide bonds. The summed E-state index contributed by atoms with van der Waals surface area (Å²) in [6.07, 6.45) is 35.1. The van der Waals surface area contributed by atoms with Gasteiger partial charge in [0, 0.05) is 19.3 Å². The van der Waals surface area contributed by atoms with Gasteiger partial charge in [0.1, 0.15) is 13.2 Å². The molecule has 3 atom stereocenters. The molecule has 0 N–H and O–H groups in total. The van der Waals surface area contributed by atoms with E-state index in [-0.39, 0.29) is 31.1 Å². The van der Waals surface area contributed by atoms with Crippen molar-refractivity contribution in [1.29, 1.82) is 0 Å². The minimum Gasteiger partial charge on any atom is -0.462 e. The van der Waals surface area contributed by atoms with Gasteiger partial charge in [-0.05, 0) is 31.1 Å². The Bertz CT molecular complexity index is 783. The van der Waals surface area contributed by atoms with E-state index in [1.807, 2.05) is 0 Å². The molecule has 0 aliphatic heterocycles. The average molecular weight is 723 g/mol. The molecule has 0 fully saturated rings. The summed E-state index contributed by atoms with van der Waals surface area (Å²) in [6, 6.07) is 0. The van der Waals surface area contributed by atoms with Gasteiger partial charge < -0.3 is 14.2 Å². The van der Waals surface area contributed by atoms with Crippen LogP contribution in [-0.2, 0) is 28.6 Å². The summed E-state index contributed by atoms with van der Waals surface area (Å²) in [4.78, 5) is 37.6. The Kier molecular flexibility index (Phi) is 37.0. The zero-order chi connectivity index (χ0) is 37.6. The standard InChI is InChI=1S/C45H86O6/c1-6-9-10-11-12-13-14-15-19-25-30-35-43(46)49-38-42(39-50-44(47)36-31-26-22-21-24-29-34-41(5)8-3)51-45(48)37-32-27-20-17-16-18-23-28-33-40(4)7-2/h40-42H,6-39H2,1-5H3/t40?,41?,42-/m1/s1. The van der Waals surface area contributed by atoms with Crippen LogP contribution in [0.3, 0.4) is 0 Å². The molecular formula is C45H86O6. The molecule has 0 aliphatic rings. The van der Waals surface area contributed by atoms with Crippen molar-refractivity contribution in [2.24, 2.45) is 11.8 Å². The molecule has 0 aromatic rings. The van der Waals surface area contributed by atoms with Crippen LogP contribution in [0, 0.1) is 11.8 Å². The smallest absolute Gasteiger partial charge is 0.306 e. The van der Waals surface area contributed by atoms with E-state index in [4.69, 9.17) is 14.2 Å². The second kappa shape index (κ2) is 38.1. The number of ether oxygens (including phenoxy) is 3. The molecule has 0 saturated heterocycles. The molecule has 0 bridgehead atoms. The van der Waals surface area contributed by atoms with Crippen molar-refractivity contribution in [2.75, 3.05) is 13.2 Å². The summed E-state index contributed by atoms with van der Waals surface area (Å²) in [5, 5.41) is 0. The third-order valence-electron chi connectivity index (χ3n) is 10.7. The first-order chi connectivity index (χ1) is 24.8. The van der Waals surface area contributed by atoms with E-state index in [9.17, 15) is 14.4 Å². The summed E-state index contributed by atoms with van der Waals surface area (Å²) in [7, 11) is 0. The topological polar surface area (TPSA) is 78.9 Å². The predicted octanol–water partition coefficient (Wildman–Crippen LogP) is 13.8. The van der Waals surface area contributed by atoms with Crippen LogP contribution in [0.15, 0.2) is 0 Å². The minimum absolute atomic E-state index is 0.0659. The molecule has 0 aliphatic carbocycles. The Labute approximate surface area is 317 Å². The first kappa shape index (κ1) is 49.4. The molecule has 2 unspecified atom stereocenters. The molecule has 0 rings (SSSR count). The maximum absolute atomic E-state index is 12.7. The van der Waals surface area contributed by atoms with Crippen molar-refractivity contribution in [3.05, 3.63) is 0 Å². The van der Waals surface area contributed by atoms with Gasteiger partial charge in [0.25, 0.3) is 0 Å². The number of hydrogen-bond donors (Lipinski definition) is 0. The van der Waals surface area contributed by atoms with Crippen LogP contribution in [0.1, 0.15) is 240 Å². The van der Waals surface area contributed by atoms with Crippen molar-refractivity contribution in [3.63, 3.8) is 0 Å². The van der Waals surface area contributed by atoms with Crippen molar-refractivity contribution in [1.82, 2.24) is 0 Å². The fourth-order valence-electron chi connectivity index (χ4n) is 6.51. The number of carbonyl (C=O) groups excluding carboxylic acids is 3. The Morgan fingerprint density at radius 2 is 0.686 bits per heavy atom. The molecule has 6 heteroatoms. The van der Waals surface area contributed by atoms with Crippen LogP contribution in [0.4, 0.5) is 0 Å². The highest BCUT2D eigenvalue weighted by Crippen LogP contribution is 2.17. The van der Waals surface area contributed by atoms with Gasteiger partial charge in [-0.15, -0.1) is 0 Å². The van der Waals surface area contributed by atoms with Crippen LogP contribution < -0.4 is 0 Å². The predicted molar refractivity (Wildman–Crippen MR) is 215 cm³/mol. The van der Waals surface area contributed by atoms with E-state index in [0.717, 1.165) is 69.6 Å². The summed E-state index contributed by atoms with van der Waals surface area (Å²) >= 11 is 0. The lowest BCUT2D eigenvalue weighted by Crippen LogP contribution is -2.30. The molecule has 0 aromatic heterocycles. The second-order valence-electron chi connectivity index (χ2n) is 15.8. The van der Waals surface area contributed by atoms with E-state index < -0.39 is 6.10 Å². The molecule has 0 radical (unpaired) electrons. The molecule has 6 nitrogen and oxygen atoms in total. The summed E-state index contributed by atoms with van der Waals surface area (Å²) in [6.45, 7) is 11.3. The maximum atomic E-state index is 12.7. The highest BCUT2D eigenvalue weighted by Gasteiger charge is 2.19. The van der Waals surface area contributed by atoms with Crippen molar-refractivity contribution in [3.8, 4) is 0 Å². The normalized spacial score (nSPS) is 13.1. The van der Waals surface area contributed by atoms with Gasteiger partial charge in [-0.3, -0.25) is 14.4 Å². The minimum atomic E-state index is -0.760. The van der Waals surface area contributed by atoms with Crippen molar-refractivity contribution in [2.45, 2.75) is 246 Å². The monoisotopic (exact) mass is 723 g/mol. The zero-order valence-corrected chi connectivity index (χ0v) is 34.7. The van der Waals surface area contributed by atoms with Gasteiger partial charge in [0.15, 0.2) is 6.10 Å². The lowest BCUT2D eigenvalue weighted by molar-refractivity contribution is -0.167. The van der Waals surface area contributed by atoms with E-state index >= 15 is 0 Å². The lowest BCUT2D eigenvalue weighted by Gasteiger charge is -2.18. The maximum Gasteiger partial charge on any atom is 0.306 e. The molecule has 0 saturated carbocycles. The molecule has 0 spiro atoms. The molecule has 0 aromatic carbocycles. The van der Waals surface area contributed by atoms with Crippen LogP contribution in [0.25, 0.3) is 0 Å². The van der Waals surface area contributed by atoms with Gasteiger partial charge >= 0.3 is 17.9 Å². The van der Waals surface area contributed by atoms with Crippen LogP contribution in [-0.4, -0.2) is 37.2 Å². The molecule has 302 valence electrons. The number of carbonyl (C=O) groups is 3. The number of hydrogen-bond acceptors (Lipinski definition) is 6. The quantitative estimate of drug-likeness (QED) is 0.0357. The first-order valence-corrected chi connectivity index (χ1v) is 22.3. The van der Waals surface area contributed by atoms with Crippen molar-refractivity contribution < 1.29 is 28.6 Å². The first-order valence-electron chi connectivity index (χ1n) is 22.3. The molecule has 0 heterocycles. The van der Waals surface area contributed by atoms with Gasteiger partial charge in [-0.25, -0.2) is 0 Å². The van der Waals surface area contributed by atoms with Crippen LogP contribution in [0.2, 0.25) is 0 Å². The Morgan fingerprint density at radius 3 is 1.02 bits per heavy atom. The highest BCUT2D eigenvalue weighted by atomic mass is 16.6. The van der Waals surface area contributed by atoms with Crippen molar-refractivity contribution >= 4 is 17.9 Å². The SMILES string of the molecule is CCCCCCCCCCCCCC(=O)OC[C@H](COC(=O)CCCCCCCCC(C)CC)OC(=O)CCCCCCCCCCC(C)CC. The van der Waals surface area contributed by atoms with E-state index in [1.165, 1.54) is 128 Å². The molecule has 51 heavy (non-hydrogen) atoms. The third kappa shape index (κ3) is 36.6. The third-order valence-corrected chi connectivity index (χ3v) is 10.7. The van der Waals surface area contributed by atoms with Gasteiger partial charge in [0.05, 0.1) is 0 Å². The van der Waals surface area contributed by atoms with Crippen LogP contribution in [0.5, 0.6) is 0 Å². The lowest BCUT2D eigenvalue weighted by atomic mass is 9.99. The number of unbranched alkanes of at least 4 members (excludes halogenated alkanes) is 22. The average Bonchev–Trinajstić information content (AvgIpc) is 3.13. The second-order valence-corrected chi connectivity index (χ2v) is 15.8.